The number of carbonyl (C=O) groups excluding carboxylic acids is 2. The number of halogens is 4. The number of nitrogens with one attached hydrogen (secondary N) is 2. The Balaban J connectivity index is 1.74. The lowest BCUT2D eigenvalue weighted by molar-refractivity contribution is -0.123. The van der Waals surface area contributed by atoms with Gasteiger partial charge in [-0.1, -0.05) is 23.7 Å². The number of rotatable bonds is 7. The highest BCUT2D eigenvalue weighted by Gasteiger charge is 2.15. The molecule has 0 fully saturated rings. The Morgan fingerprint density at radius 2 is 1.73 bits per heavy atom. The van der Waals surface area contributed by atoms with Crippen LogP contribution in [0.25, 0.3) is 0 Å². The van der Waals surface area contributed by atoms with Crippen LogP contribution in [0.15, 0.2) is 41.3 Å². The van der Waals surface area contributed by atoms with Gasteiger partial charge >= 0.3 is 0 Å². The van der Waals surface area contributed by atoms with E-state index in [9.17, 15) is 22.8 Å². The fourth-order valence-electron chi connectivity index (χ4n) is 1.90. The van der Waals surface area contributed by atoms with E-state index >= 15 is 0 Å². The van der Waals surface area contributed by atoms with Crippen LogP contribution in [0.3, 0.4) is 0 Å². The van der Waals surface area contributed by atoms with Gasteiger partial charge in [0.15, 0.2) is 17.5 Å². The van der Waals surface area contributed by atoms with Crippen LogP contribution >= 0.6 is 23.4 Å². The summed E-state index contributed by atoms with van der Waals surface area (Å²) in [5, 5.41) is 5.02. The average molecular weight is 403 g/mol. The first-order valence-corrected chi connectivity index (χ1v) is 8.82. The van der Waals surface area contributed by atoms with Crippen molar-refractivity contribution in [3.8, 4) is 0 Å². The summed E-state index contributed by atoms with van der Waals surface area (Å²) in [4.78, 5) is 24.2. The lowest BCUT2D eigenvalue weighted by Gasteiger charge is -2.08. The second kappa shape index (κ2) is 9.49. The van der Waals surface area contributed by atoms with Crippen molar-refractivity contribution in [3.63, 3.8) is 0 Å². The maximum atomic E-state index is 13.5. The van der Waals surface area contributed by atoms with Gasteiger partial charge in [0.2, 0.25) is 11.8 Å². The van der Waals surface area contributed by atoms with E-state index in [1.807, 2.05) is 12.1 Å². The standard InChI is InChI=1S/C17H14ClF3N2O2S/c18-10-3-1-2-4-13(10)26-8-7-14(24)22-9-15(25)23-12-6-5-11(19)16(20)17(12)21/h1-6H,7-9H2,(H,22,24)(H,23,25). The Morgan fingerprint density at radius 3 is 2.46 bits per heavy atom. The number of thioether (sulfide) groups is 1. The van der Waals surface area contributed by atoms with Crippen LogP contribution in [0, 0.1) is 17.5 Å². The number of anilines is 1. The third kappa shape index (κ3) is 5.67. The topological polar surface area (TPSA) is 58.2 Å². The van der Waals surface area contributed by atoms with Gasteiger partial charge < -0.3 is 10.6 Å². The molecule has 0 aromatic heterocycles. The quantitative estimate of drug-likeness (QED) is 0.543. The van der Waals surface area contributed by atoms with Gasteiger partial charge in [0.25, 0.3) is 0 Å². The minimum absolute atomic E-state index is 0.142. The summed E-state index contributed by atoms with van der Waals surface area (Å²) < 4.78 is 39.4. The molecule has 0 spiro atoms. The molecule has 2 aromatic carbocycles. The molecular weight excluding hydrogens is 389 g/mol. The zero-order chi connectivity index (χ0) is 19.1. The molecule has 0 saturated heterocycles. The molecule has 0 atom stereocenters. The minimum Gasteiger partial charge on any atom is -0.347 e. The number of benzene rings is 2. The molecule has 138 valence electrons. The van der Waals surface area contributed by atoms with Crippen molar-refractivity contribution in [1.29, 1.82) is 0 Å². The molecule has 0 bridgehead atoms. The van der Waals surface area contributed by atoms with Crippen LogP contribution in [-0.2, 0) is 9.59 Å². The number of hydrogen-bond acceptors (Lipinski definition) is 3. The number of amides is 2. The second-order valence-corrected chi connectivity index (χ2v) is 6.62. The van der Waals surface area contributed by atoms with E-state index in [2.05, 4.69) is 10.6 Å². The van der Waals surface area contributed by atoms with Crippen molar-refractivity contribution in [2.24, 2.45) is 0 Å². The third-order valence-corrected chi connectivity index (χ3v) is 4.70. The summed E-state index contributed by atoms with van der Waals surface area (Å²) in [6.07, 6.45) is 0.142. The van der Waals surface area contributed by atoms with E-state index in [0.29, 0.717) is 16.8 Å². The Bertz CT molecular complexity index is 821. The van der Waals surface area contributed by atoms with E-state index in [0.717, 1.165) is 11.0 Å². The Labute approximate surface area is 157 Å². The highest BCUT2D eigenvalue weighted by molar-refractivity contribution is 7.99. The molecule has 0 unspecified atom stereocenters. The molecule has 9 heteroatoms. The Hall–Kier alpha value is -2.19. The van der Waals surface area contributed by atoms with Gasteiger partial charge in [-0.25, -0.2) is 13.2 Å². The summed E-state index contributed by atoms with van der Waals surface area (Å²) >= 11 is 7.39. The molecule has 26 heavy (non-hydrogen) atoms. The first-order valence-electron chi connectivity index (χ1n) is 7.46. The molecule has 2 rings (SSSR count). The zero-order valence-corrected chi connectivity index (χ0v) is 14.9. The molecule has 0 aliphatic carbocycles. The van der Waals surface area contributed by atoms with E-state index in [1.54, 1.807) is 12.1 Å². The van der Waals surface area contributed by atoms with E-state index in [4.69, 9.17) is 11.6 Å². The lowest BCUT2D eigenvalue weighted by Crippen LogP contribution is -2.33. The Kier molecular flexibility index (Phi) is 7.35. The fourth-order valence-corrected chi connectivity index (χ4v) is 3.09. The molecule has 0 aliphatic rings. The average Bonchev–Trinajstić information content (AvgIpc) is 2.62. The summed E-state index contributed by atoms with van der Waals surface area (Å²) in [5.41, 5.74) is -0.502. The molecule has 0 radical (unpaired) electrons. The smallest absolute Gasteiger partial charge is 0.243 e. The predicted octanol–water partition coefficient (Wildman–Crippen LogP) is 3.99. The summed E-state index contributed by atoms with van der Waals surface area (Å²) in [6.45, 7) is -0.423. The third-order valence-electron chi connectivity index (χ3n) is 3.18. The highest BCUT2D eigenvalue weighted by Crippen LogP contribution is 2.26. The maximum Gasteiger partial charge on any atom is 0.243 e. The van der Waals surface area contributed by atoms with Crippen molar-refractivity contribution < 1.29 is 22.8 Å². The van der Waals surface area contributed by atoms with Crippen LogP contribution in [0.4, 0.5) is 18.9 Å². The normalized spacial score (nSPS) is 10.5. The van der Waals surface area contributed by atoms with E-state index in [-0.39, 0.29) is 12.3 Å². The first-order chi connectivity index (χ1) is 12.4. The van der Waals surface area contributed by atoms with Gasteiger partial charge in [-0.15, -0.1) is 11.8 Å². The first kappa shape index (κ1) is 20.1. The maximum absolute atomic E-state index is 13.5. The van der Waals surface area contributed by atoms with Crippen LogP contribution in [0.2, 0.25) is 5.02 Å². The zero-order valence-electron chi connectivity index (χ0n) is 13.3. The number of hydrogen-bond donors (Lipinski definition) is 2. The summed E-state index contributed by atoms with van der Waals surface area (Å²) in [5.74, 6) is -5.23. The molecule has 2 aromatic rings. The van der Waals surface area contributed by atoms with Crippen LogP contribution in [-0.4, -0.2) is 24.1 Å². The lowest BCUT2D eigenvalue weighted by atomic mass is 10.2. The molecular formula is C17H14ClF3N2O2S. The van der Waals surface area contributed by atoms with Gasteiger partial charge in [-0.05, 0) is 24.3 Å². The van der Waals surface area contributed by atoms with E-state index < -0.39 is 35.6 Å². The Morgan fingerprint density at radius 1 is 1.00 bits per heavy atom. The molecule has 2 N–H and O–H groups in total. The summed E-state index contributed by atoms with van der Waals surface area (Å²) in [7, 11) is 0. The van der Waals surface area contributed by atoms with Crippen LogP contribution in [0.5, 0.6) is 0 Å². The monoisotopic (exact) mass is 402 g/mol. The molecule has 0 aliphatic heterocycles. The van der Waals surface area contributed by atoms with Gasteiger partial charge in [0, 0.05) is 17.1 Å². The fraction of sp³-hybridized carbons (Fsp3) is 0.176. The van der Waals surface area contributed by atoms with Gasteiger partial charge in [-0.2, -0.15) is 0 Å². The highest BCUT2D eigenvalue weighted by atomic mass is 35.5. The van der Waals surface area contributed by atoms with Crippen molar-refractivity contribution in [2.45, 2.75) is 11.3 Å². The minimum atomic E-state index is -1.68. The van der Waals surface area contributed by atoms with Gasteiger partial charge in [0.1, 0.15) is 0 Å². The summed E-state index contributed by atoms with van der Waals surface area (Å²) in [6, 6.07) is 8.79. The SMILES string of the molecule is O=C(CCSc1ccccc1Cl)NCC(=O)Nc1ccc(F)c(F)c1F. The molecule has 0 heterocycles. The molecule has 0 saturated carbocycles. The van der Waals surface area contributed by atoms with Gasteiger partial charge in [-0.3, -0.25) is 9.59 Å². The van der Waals surface area contributed by atoms with Crippen molar-refractivity contribution in [2.75, 3.05) is 17.6 Å². The van der Waals surface area contributed by atoms with Crippen molar-refractivity contribution in [3.05, 3.63) is 58.9 Å². The van der Waals surface area contributed by atoms with E-state index in [1.165, 1.54) is 11.8 Å². The predicted molar refractivity (Wildman–Crippen MR) is 94.7 cm³/mol. The van der Waals surface area contributed by atoms with Crippen LogP contribution < -0.4 is 10.6 Å². The number of carbonyl (C=O) groups is 2. The molecule has 4 nitrogen and oxygen atoms in total. The van der Waals surface area contributed by atoms with Crippen molar-refractivity contribution >= 4 is 40.9 Å². The van der Waals surface area contributed by atoms with Gasteiger partial charge in [0.05, 0.1) is 17.3 Å². The second-order valence-electron chi connectivity index (χ2n) is 5.08. The van der Waals surface area contributed by atoms with Crippen molar-refractivity contribution in [1.82, 2.24) is 5.32 Å². The molecule has 2 amide bonds. The van der Waals surface area contributed by atoms with Crippen LogP contribution in [0.1, 0.15) is 6.42 Å². The largest absolute Gasteiger partial charge is 0.347 e.